The number of sulfonamides is 1. The first-order valence-electron chi connectivity index (χ1n) is 4.68. The zero-order chi connectivity index (χ0) is 12.0. The van der Waals surface area contributed by atoms with Gasteiger partial charge in [0, 0.05) is 24.5 Å². The molecule has 6 N–H and O–H groups in total. The molecule has 16 heavy (non-hydrogen) atoms. The predicted octanol–water partition coefficient (Wildman–Crippen LogP) is -0.542. The smallest absolute Gasteiger partial charge is 0.209 e. The molecule has 0 aliphatic rings. The molecule has 0 amide bonds. The molecule has 0 bridgehead atoms. The van der Waals surface area contributed by atoms with Crippen molar-refractivity contribution in [2.24, 2.45) is 11.0 Å². The van der Waals surface area contributed by atoms with Gasteiger partial charge in [0.1, 0.15) is 5.82 Å². The molecule has 7 nitrogen and oxygen atoms in total. The van der Waals surface area contributed by atoms with Crippen molar-refractivity contribution in [1.82, 2.24) is 4.98 Å². The average molecular weight is 245 g/mol. The van der Waals surface area contributed by atoms with Gasteiger partial charge in [-0.1, -0.05) is 0 Å². The van der Waals surface area contributed by atoms with Gasteiger partial charge in [-0.25, -0.2) is 24.4 Å². The van der Waals surface area contributed by atoms with Crippen molar-refractivity contribution in [3.05, 3.63) is 18.3 Å². The largest absolute Gasteiger partial charge is 0.385 e. The lowest BCUT2D eigenvalue weighted by Gasteiger charge is -2.06. The van der Waals surface area contributed by atoms with Gasteiger partial charge < -0.3 is 10.7 Å². The fraction of sp³-hybridized carbons (Fsp3) is 0.375. The minimum atomic E-state index is -3.38. The average Bonchev–Trinajstić information content (AvgIpc) is 2.23. The van der Waals surface area contributed by atoms with E-state index in [1.165, 1.54) is 0 Å². The van der Waals surface area contributed by atoms with Crippen molar-refractivity contribution < 1.29 is 8.42 Å². The second-order valence-corrected chi connectivity index (χ2v) is 4.96. The molecule has 1 rings (SSSR count). The first kappa shape index (κ1) is 12.7. The number of hydrogen-bond donors (Lipinski definition) is 4. The van der Waals surface area contributed by atoms with Crippen LogP contribution >= 0.6 is 0 Å². The van der Waals surface area contributed by atoms with Crippen LogP contribution in [0.15, 0.2) is 18.3 Å². The summed E-state index contributed by atoms with van der Waals surface area (Å²) < 4.78 is 21.3. The van der Waals surface area contributed by atoms with Gasteiger partial charge in [-0.15, -0.1) is 0 Å². The standard InChI is InChI=1S/C8H15N5O2S/c9-13-8-6-7(2-4-12-8)11-3-1-5-16(10,14)15/h2,4,6H,1,3,5,9H2,(H2,10,14,15)(H2,11,12,13). The highest BCUT2D eigenvalue weighted by molar-refractivity contribution is 7.89. The second-order valence-electron chi connectivity index (χ2n) is 3.22. The molecular weight excluding hydrogens is 230 g/mol. The molecule has 1 aromatic rings. The summed E-state index contributed by atoms with van der Waals surface area (Å²) in [5.74, 6) is 5.70. The summed E-state index contributed by atoms with van der Waals surface area (Å²) in [5, 5.41) is 7.90. The first-order valence-corrected chi connectivity index (χ1v) is 6.40. The van der Waals surface area contributed by atoms with Gasteiger partial charge in [0.25, 0.3) is 0 Å². The molecule has 1 aromatic heterocycles. The molecule has 8 heteroatoms. The van der Waals surface area contributed by atoms with Gasteiger partial charge in [0.2, 0.25) is 10.0 Å². The summed E-state index contributed by atoms with van der Waals surface area (Å²) in [6.45, 7) is 0.518. The summed E-state index contributed by atoms with van der Waals surface area (Å²) in [5.41, 5.74) is 3.23. The van der Waals surface area contributed by atoms with Crippen molar-refractivity contribution in [3.63, 3.8) is 0 Å². The van der Waals surface area contributed by atoms with Crippen LogP contribution in [-0.2, 0) is 10.0 Å². The van der Waals surface area contributed by atoms with E-state index in [-0.39, 0.29) is 5.75 Å². The Bertz CT molecular complexity index is 434. The maximum Gasteiger partial charge on any atom is 0.209 e. The molecule has 0 aromatic carbocycles. The van der Waals surface area contributed by atoms with Gasteiger partial charge in [-0.2, -0.15) is 0 Å². The molecule has 90 valence electrons. The number of nitrogens with two attached hydrogens (primary N) is 2. The number of aromatic nitrogens is 1. The highest BCUT2D eigenvalue weighted by atomic mass is 32.2. The monoisotopic (exact) mass is 245 g/mol. The fourth-order valence-electron chi connectivity index (χ4n) is 1.13. The Balaban J connectivity index is 2.37. The summed E-state index contributed by atoms with van der Waals surface area (Å²) in [4.78, 5) is 3.93. The van der Waals surface area contributed by atoms with E-state index in [4.69, 9.17) is 11.0 Å². The number of primary sulfonamides is 1. The molecule has 1 heterocycles. The van der Waals surface area contributed by atoms with Crippen molar-refractivity contribution in [2.75, 3.05) is 23.0 Å². The maximum absolute atomic E-state index is 10.7. The normalized spacial score (nSPS) is 11.1. The minimum absolute atomic E-state index is 0.0346. The third-order valence-corrected chi connectivity index (χ3v) is 2.70. The van der Waals surface area contributed by atoms with E-state index < -0.39 is 10.0 Å². The van der Waals surface area contributed by atoms with E-state index in [1.807, 2.05) is 0 Å². The molecule has 0 atom stereocenters. The lowest BCUT2D eigenvalue weighted by molar-refractivity contribution is 0.596. The van der Waals surface area contributed by atoms with E-state index in [2.05, 4.69) is 15.7 Å². The summed E-state index contributed by atoms with van der Waals surface area (Å²) in [6, 6.07) is 3.48. The Morgan fingerprint density at radius 2 is 2.19 bits per heavy atom. The highest BCUT2D eigenvalue weighted by Gasteiger charge is 2.01. The molecule has 0 radical (unpaired) electrons. The SMILES string of the molecule is NNc1cc(NCCCS(N)(=O)=O)ccn1. The topological polar surface area (TPSA) is 123 Å². The van der Waals surface area contributed by atoms with Gasteiger partial charge in [-0.3, -0.25) is 0 Å². The molecule has 0 aliphatic heterocycles. The molecule has 0 saturated carbocycles. The lowest BCUT2D eigenvalue weighted by Crippen LogP contribution is -2.18. The molecule has 0 fully saturated rings. The Kier molecular flexibility index (Phi) is 4.47. The van der Waals surface area contributed by atoms with Gasteiger partial charge in [0.15, 0.2) is 0 Å². The lowest BCUT2D eigenvalue weighted by atomic mass is 10.3. The third-order valence-electron chi connectivity index (χ3n) is 1.84. The van der Waals surface area contributed by atoms with Crippen LogP contribution in [0.1, 0.15) is 6.42 Å². The van der Waals surface area contributed by atoms with Crippen molar-refractivity contribution in [1.29, 1.82) is 0 Å². The Morgan fingerprint density at radius 3 is 2.81 bits per heavy atom. The Labute approximate surface area is 94.3 Å². The van der Waals surface area contributed by atoms with Gasteiger partial charge in [-0.05, 0) is 12.5 Å². The third kappa shape index (κ3) is 4.91. The van der Waals surface area contributed by atoms with E-state index in [9.17, 15) is 8.42 Å². The molecule has 0 spiro atoms. The highest BCUT2D eigenvalue weighted by Crippen LogP contribution is 2.10. The number of nitrogens with one attached hydrogen (secondary N) is 2. The molecule has 0 aliphatic carbocycles. The summed E-state index contributed by atoms with van der Waals surface area (Å²) in [6.07, 6.45) is 2.05. The number of hydrazine groups is 1. The molecule has 0 saturated heterocycles. The molecule has 0 unspecified atom stereocenters. The van der Waals surface area contributed by atoms with E-state index in [0.29, 0.717) is 18.8 Å². The summed E-state index contributed by atoms with van der Waals surface area (Å²) >= 11 is 0. The van der Waals surface area contributed by atoms with Crippen LogP contribution in [0.25, 0.3) is 0 Å². The number of nitrogens with zero attached hydrogens (tertiary/aromatic N) is 1. The van der Waals surface area contributed by atoms with Crippen molar-refractivity contribution in [3.8, 4) is 0 Å². The van der Waals surface area contributed by atoms with E-state index in [1.54, 1.807) is 18.3 Å². The van der Waals surface area contributed by atoms with Crippen LogP contribution in [-0.4, -0.2) is 25.7 Å². The van der Waals surface area contributed by atoms with Crippen LogP contribution < -0.4 is 21.7 Å². The number of nitrogen functional groups attached to an aromatic ring is 1. The zero-order valence-corrected chi connectivity index (χ0v) is 9.50. The van der Waals surface area contributed by atoms with E-state index >= 15 is 0 Å². The number of rotatable bonds is 6. The van der Waals surface area contributed by atoms with Crippen LogP contribution in [0.4, 0.5) is 11.5 Å². The van der Waals surface area contributed by atoms with Gasteiger partial charge in [0.05, 0.1) is 5.75 Å². The minimum Gasteiger partial charge on any atom is -0.385 e. The van der Waals surface area contributed by atoms with Crippen LogP contribution in [0.2, 0.25) is 0 Å². The van der Waals surface area contributed by atoms with Crippen LogP contribution in [0, 0.1) is 0 Å². The quantitative estimate of drug-likeness (QED) is 0.303. The summed E-state index contributed by atoms with van der Waals surface area (Å²) in [7, 11) is -3.38. The number of pyridine rings is 1. The fourth-order valence-corrected chi connectivity index (χ4v) is 1.67. The number of hydrogen-bond acceptors (Lipinski definition) is 6. The zero-order valence-electron chi connectivity index (χ0n) is 8.68. The first-order chi connectivity index (χ1) is 7.51. The van der Waals surface area contributed by atoms with Crippen molar-refractivity contribution >= 4 is 21.5 Å². The second kappa shape index (κ2) is 5.64. The Hall–Kier alpha value is -1.38. The van der Waals surface area contributed by atoms with E-state index in [0.717, 1.165) is 5.69 Å². The van der Waals surface area contributed by atoms with Crippen molar-refractivity contribution in [2.45, 2.75) is 6.42 Å². The molecular formula is C8H15N5O2S. The maximum atomic E-state index is 10.7. The predicted molar refractivity (Wildman–Crippen MR) is 63.1 cm³/mol. The van der Waals surface area contributed by atoms with Crippen LogP contribution in [0.5, 0.6) is 0 Å². The van der Waals surface area contributed by atoms with Crippen LogP contribution in [0.3, 0.4) is 0 Å². The Morgan fingerprint density at radius 1 is 1.44 bits per heavy atom. The number of anilines is 2. The van der Waals surface area contributed by atoms with Gasteiger partial charge >= 0.3 is 0 Å².